The normalized spacial score (nSPS) is 11.6. The molecule has 0 saturated carbocycles. The lowest BCUT2D eigenvalue weighted by molar-refractivity contribution is 0.602. The predicted molar refractivity (Wildman–Crippen MR) is 61.3 cm³/mol. The lowest BCUT2D eigenvalue weighted by Gasteiger charge is -2.00. The number of sulfonamides is 1. The standard InChI is InChI=1S/C7H7ClN4O2S2/c1-4-2-5(15-6(4)8)16(13,14)12-7-9-3-10-11-7/h2-3H,1H3,(H2,9,10,11,12). The van der Waals surface area contributed by atoms with Crippen molar-refractivity contribution in [3.05, 3.63) is 22.3 Å². The van der Waals surface area contributed by atoms with Gasteiger partial charge in [-0.1, -0.05) is 11.6 Å². The average molecular weight is 279 g/mol. The minimum absolute atomic E-state index is 0.0715. The molecule has 0 aromatic carbocycles. The van der Waals surface area contributed by atoms with Crippen LogP contribution in [0.25, 0.3) is 0 Å². The van der Waals surface area contributed by atoms with Crippen LogP contribution in [0.3, 0.4) is 0 Å². The van der Waals surface area contributed by atoms with Crippen molar-refractivity contribution in [1.29, 1.82) is 0 Å². The fourth-order valence-corrected chi connectivity index (χ4v) is 3.67. The topological polar surface area (TPSA) is 87.7 Å². The van der Waals surface area contributed by atoms with Crippen LogP contribution in [0.1, 0.15) is 5.56 Å². The van der Waals surface area contributed by atoms with E-state index in [1.165, 1.54) is 12.4 Å². The van der Waals surface area contributed by atoms with E-state index in [9.17, 15) is 8.42 Å². The van der Waals surface area contributed by atoms with Gasteiger partial charge in [0.2, 0.25) is 5.95 Å². The molecule has 0 aliphatic carbocycles. The Labute approximate surface area is 101 Å². The van der Waals surface area contributed by atoms with E-state index in [1.807, 2.05) is 0 Å². The van der Waals surface area contributed by atoms with Crippen molar-refractivity contribution in [3.8, 4) is 0 Å². The van der Waals surface area contributed by atoms with E-state index in [0.29, 0.717) is 4.34 Å². The number of thiophene rings is 1. The molecule has 0 amide bonds. The average Bonchev–Trinajstić information content (AvgIpc) is 2.78. The molecule has 2 aromatic heterocycles. The molecule has 0 radical (unpaired) electrons. The zero-order chi connectivity index (χ0) is 11.8. The summed E-state index contributed by atoms with van der Waals surface area (Å²) < 4.78 is 26.5. The number of hydrogen-bond donors (Lipinski definition) is 2. The molecule has 6 nitrogen and oxygen atoms in total. The first-order chi connectivity index (χ1) is 7.49. The smallest absolute Gasteiger partial charge is 0.247 e. The first kappa shape index (κ1) is 11.4. The van der Waals surface area contributed by atoms with Gasteiger partial charge in [0.15, 0.2) is 0 Å². The minimum Gasteiger partial charge on any atom is -0.247 e. The molecule has 0 bridgehead atoms. The molecular formula is C7H7ClN4O2S2. The van der Waals surface area contributed by atoms with Crippen molar-refractivity contribution < 1.29 is 8.42 Å². The second-order valence-electron chi connectivity index (χ2n) is 2.96. The maximum atomic E-state index is 11.8. The van der Waals surface area contributed by atoms with Gasteiger partial charge in [-0.3, -0.25) is 0 Å². The molecule has 2 heterocycles. The van der Waals surface area contributed by atoms with Crippen LogP contribution in [-0.4, -0.2) is 23.6 Å². The van der Waals surface area contributed by atoms with Gasteiger partial charge in [0.1, 0.15) is 10.5 Å². The Morgan fingerprint density at radius 2 is 2.31 bits per heavy atom. The van der Waals surface area contributed by atoms with Crippen molar-refractivity contribution in [2.45, 2.75) is 11.1 Å². The highest BCUT2D eigenvalue weighted by molar-refractivity contribution is 7.94. The molecule has 2 rings (SSSR count). The van der Waals surface area contributed by atoms with Crippen molar-refractivity contribution in [2.24, 2.45) is 0 Å². The molecule has 86 valence electrons. The summed E-state index contributed by atoms with van der Waals surface area (Å²) in [6, 6.07) is 1.51. The molecule has 0 aliphatic rings. The van der Waals surface area contributed by atoms with Gasteiger partial charge in [0, 0.05) is 0 Å². The number of H-pyrrole nitrogens is 1. The van der Waals surface area contributed by atoms with Gasteiger partial charge < -0.3 is 0 Å². The number of aromatic nitrogens is 3. The van der Waals surface area contributed by atoms with Crippen LogP contribution < -0.4 is 4.72 Å². The Morgan fingerprint density at radius 3 is 2.81 bits per heavy atom. The zero-order valence-electron chi connectivity index (χ0n) is 8.06. The third-order valence-corrected chi connectivity index (χ3v) is 5.11. The SMILES string of the molecule is Cc1cc(S(=O)(=O)Nc2ncn[nH]2)sc1Cl. The molecular weight excluding hydrogens is 272 g/mol. The molecule has 0 spiro atoms. The third kappa shape index (κ3) is 2.18. The number of halogens is 1. The molecule has 2 aromatic rings. The number of aromatic amines is 1. The van der Waals surface area contributed by atoms with Crippen LogP contribution >= 0.6 is 22.9 Å². The lowest BCUT2D eigenvalue weighted by atomic mass is 10.4. The first-order valence-corrected chi connectivity index (χ1v) is 6.81. The first-order valence-electron chi connectivity index (χ1n) is 4.13. The molecule has 9 heteroatoms. The number of rotatable bonds is 3. The lowest BCUT2D eigenvalue weighted by Crippen LogP contribution is -2.12. The fourth-order valence-electron chi connectivity index (χ4n) is 0.996. The summed E-state index contributed by atoms with van der Waals surface area (Å²) in [5.41, 5.74) is 0.726. The Kier molecular flexibility index (Phi) is 2.87. The van der Waals surface area contributed by atoms with Gasteiger partial charge in [0.05, 0.1) is 4.34 Å². The summed E-state index contributed by atoms with van der Waals surface area (Å²) in [5.74, 6) is 0.0715. The summed E-state index contributed by atoms with van der Waals surface area (Å²) in [7, 11) is -3.63. The van der Waals surface area contributed by atoms with Crippen LogP contribution in [0.4, 0.5) is 5.95 Å². The molecule has 2 N–H and O–H groups in total. The van der Waals surface area contributed by atoms with Gasteiger partial charge in [0.25, 0.3) is 10.0 Å². The summed E-state index contributed by atoms with van der Waals surface area (Å²) in [5, 5.41) is 5.94. The van der Waals surface area contributed by atoms with Gasteiger partial charge in [-0.15, -0.1) is 11.3 Å². The van der Waals surface area contributed by atoms with E-state index in [2.05, 4.69) is 19.9 Å². The number of aryl methyl sites for hydroxylation is 1. The monoisotopic (exact) mass is 278 g/mol. The van der Waals surface area contributed by atoms with Crippen LogP contribution in [0, 0.1) is 6.92 Å². The number of nitrogens with one attached hydrogen (secondary N) is 2. The van der Waals surface area contributed by atoms with Crippen molar-refractivity contribution >= 4 is 38.9 Å². The van der Waals surface area contributed by atoms with Crippen LogP contribution in [0.15, 0.2) is 16.6 Å². The quantitative estimate of drug-likeness (QED) is 0.893. The van der Waals surface area contributed by atoms with Gasteiger partial charge in [-0.2, -0.15) is 10.1 Å². The van der Waals surface area contributed by atoms with Gasteiger partial charge >= 0.3 is 0 Å². The van der Waals surface area contributed by atoms with Crippen molar-refractivity contribution in [2.75, 3.05) is 4.72 Å². The third-order valence-electron chi connectivity index (χ3n) is 1.75. The molecule has 0 aliphatic heterocycles. The van der Waals surface area contributed by atoms with E-state index in [4.69, 9.17) is 11.6 Å². The van der Waals surface area contributed by atoms with E-state index in [-0.39, 0.29) is 10.2 Å². The number of hydrogen-bond acceptors (Lipinski definition) is 5. The van der Waals surface area contributed by atoms with Crippen LogP contribution in [0.5, 0.6) is 0 Å². The second-order valence-corrected chi connectivity index (χ2v) is 6.53. The fraction of sp³-hybridized carbons (Fsp3) is 0.143. The number of anilines is 1. The van der Waals surface area contributed by atoms with E-state index < -0.39 is 10.0 Å². The minimum atomic E-state index is -3.63. The molecule has 0 unspecified atom stereocenters. The Bertz CT molecular complexity index is 570. The Hall–Kier alpha value is -1.12. The summed E-state index contributed by atoms with van der Waals surface area (Å²) >= 11 is 6.80. The zero-order valence-corrected chi connectivity index (χ0v) is 10.4. The largest absolute Gasteiger partial charge is 0.273 e. The highest BCUT2D eigenvalue weighted by Gasteiger charge is 2.19. The summed E-state index contributed by atoms with van der Waals surface area (Å²) in [6.45, 7) is 1.74. The molecule has 0 saturated heterocycles. The maximum absolute atomic E-state index is 11.8. The van der Waals surface area contributed by atoms with E-state index in [0.717, 1.165) is 16.9 Å². The predicted octanol–water partition coefficient (Wildman–Crippen LogP) is 1.63. The van der Waals surface area contributed by atoms with Gasteiger partial charge in [-0.05, 0) is 18.6 Å². The molecule has 16 heavy (non-hydrogen) atoms. The Morgan fingerprint density at radius 1 is 1.56 bits per heavy atom. The summed E-state index contributed by atoms with van der Waals surface area (Å²) in [4.78, 5) is 3.67. The number of nitrogens with zero attached hydrogens (tertiary/aromatic N) is 2. The van der Waals surface area contributed by atoms with Gasteiger partial charge in [-0.25, -0.2) is 18.2 Å². The molecule has 0 fully saturated rings. The molecule has 0 atom stereocenters. The van der Waals surface area contributed by atoms with E-state index >= 15 is 0 Å². The highest BCUT2D eigenvalue weighted by atomic mass is 35.5. The van der Waals surface area contributed by atoms with Crippen LogP contribution in [-0.2, 0) is 10.0 Å². The van der Waals surface area contributed by atoms with Crippen LogP contribution in [0.2, 0.25) is 4.34 Å². The summed E-state index contributed by atoms with van der Waals surface area (Å²) in [6.07, 6.45) is 1.21. The van der Waals surface area contributed by atoms with E-state index in [1.54, 1.807) is 6.92 Å². The van der Waals surface area contributed by atoms with Crippen molar-refractivity contribution in [1.82, 2.24) is 15.2 Å². The highest BCUT2D eigenvalue weighted by Crippen LogP contribution is 2.30. The second kappa shape index (κ2) is 4.04. The Balaban J connectivity index is 2.32. The van der Waals surface area contributed by atoms with Crippen molar-refractivity contribution in [3.63, 3.8) is 0 Å². The maximum Gasteiger partial charge on any atom is 0.273 e.